The Kier molecular flexibility index (Phi) is 6.85. The van der Waals surface area contributed by atoms with Gasteiger partial charge in [-0.3, -0.25) is 9.69 Å². The number of aromatic nitrogens is 1. The van der Waals surface area contributed by atoms with E-state index in [0.717, 1.165) is 63.0 Å². The van der Waals surface area contributed by atoms with E-state index in [4.69, 9.17) is 4.99 Å². The lowest BCUT2D eigenvalue weighted by atomic mass is 10.3. The number of aliphatic imine (C=N–C) groups is 1. The highest BCUT2D eigenvalue weighted by molar-refractivity contribution is 7.11. The molecule has 1 aliphatic heterocycles. The van der Waals surface area contributed by atoms with Gasteiger partial charge in [0.2, 0.25) is 5.91 Å². The Morgan fingerprint density at radius 1 is 1.31 bits per heavy atom. The van der Waals surface area contributed by atoms with E-state index < -0.39 is 0 Å². The first-order valence-corrected chi connectivity index (χ1v) is 10.5. The molecule has 0 bridgehead atoms. The SMILES string of the molecule is CCNC(=NCc1ncc(CC)s1)N1CCN(CC(=O)NC2CC2)CC1. The van der Waals surface area contributed by atoms with Crippen molar-refractivity contribution in [1.82, 2.24) is 25.4 Å². The highest BCUT2D eigenvalue weighted by atomic mass is 32.1. The Labute approximate surface area is 159 Å². The summed E-state index contributed by atoms with van der Waals surface area (Å²) in [7, 11) is 0. The molecule has 0 unspecified atom stereocenters. The van der Waals surface area contributed by atoms with Crippen molar-refractivity contribution >= 4 is 23.2 Å². The second kappa shape index (κ2) is 9.32. The van der Waals surface area contributed by atoms with Gasteiger partial charge in [-0.15, -0.1) is 11.3 Å². The molecule has 0 aromatic carbocycles. The molecule has 7 nitrogen and oxygen atoms in total. The van der Waals surface area contributed by atoms with Crippen LogP contribution in [0.3, 0.4) is 0 Å². The highest BCUT2D eigenvalue weighted by Gasteiger charge is 2.25. The van der Waals surface area contributed by atoms with Crippen molar-refractivity contribution in [1.29, 1.82) is 0 Å². The van der Waals surface area contributed by atoms with E-state index in [-0.39, 0.29) is 5.91 Å². The average molecular weight is 379 g/mol. The minimum Gasteiger partial charge on any atom is -0.357 e. The molecule has 1 aliphatic carbocycles. The molecular formula is C18H30N6OS. The largest absolute Gasteiger partial charge is 0.357 e. The van der Waals surface area contributed by atoms with E-state index in [1.54, 1.807) is 11.3 Å². The van der Waals surface area contributed by atoms with Gasteiger partial charge in [0.1, 0.15) is 5.01 Å². The Bertz CT molecular complexity index is 619. The van der Waals surface area contributed by atoms with Crippen LogP contribution in [0.25, 0.3) is 0 Å². The van der Waals surface area contributed by atoms with Crippen LogP contribution < -0.4 is 10.6 Å². The predicted molar refractivity (Wildman–Crippen MR) is 105 cm³/mol. The second-order valence-corrected chi connectivity index (χ2v) is 8.05. The number of hydrogen-bond donors (Lipinski definition) is 2. The Balaban J connectivity index is 1.48. The van der Waals surface area contributed by atoms with Crippen LogP contribution in [0.1, 0.15) is 36.6 Å². The van der Waals surface area contributed by atoms with Gasteiger partial charge in [0.15, 0.2) is 5.96 Å². The van der Waals surface area contributed by atoms with Gasteiger partial charge >= 0.3 is 0 Å². The maximum Gasteiger partial charge on any atom is 0.234 e. The van der Waals surface area contributed by atoms with Crippen molar-refractivity contribution < 1.29 is 4.79 Å². The minimum absolute atomic E-state index is 0.164. The van der Waals surface area contributed by atoms with Crippen LogP contribution in [-0.4, -0.2) is 72.0 Å². The minimum atomic E-state index is 0.164. The zero-order chi connectivity index (χ0) is 18.4. The average Bonchev–Trinajstić information content (AvgIpc) is 3.33. The van der Waals surface area contributed by atoms with Crippen molar-refractivity contribution in [3.05, 3.63) is 16.1 Å². The smallest absolute Gasteiger partial charge is 0.234 e. The van der Waals surface area contributed by atoms with Gasteiger partial charge in [-0.05, 0) is 26.2 Å². The number of piperazine rings is 1. The Morgan fingerprint density at radius 2 is 2.08 bits per heavy atom. The molecule has 1 aromatic rings. The van der Waals surface area contributed by atoms with E-state index in [0.29, 0.717) is 19.1 Å². The number of hydrogen-bond acceptors (Lipinski definition) is 5. The molecule has 2 aliphatic rings. The lowest BCUT2D eigenvalue weighted by molar-refractivity contribution is -0.122. The standard InChI is InChI=1S/C18H30N6OS/c1-3-15-11-20-17(26-15)12-21-18(19-4-2)24-9-7-23(8-10-24)13-16(25)22-14-5-6-14/h11,14H,3-10,12-13H2,1-2H3,(H,19,21)(H,22,25). The topological polar surface area (TPSA) is 72.9 Å². The van der Waals surface area contributed by atoms with Crippen LogP contribution >= 0.6 is 11.3 Å². The van der Waals surface area contributed by atoms with Crippen LogP contribution in [0.4, 0.5) is 0 Å². The van der Waals surface area contributed by atoms with Gasteiger partial charge in [0.05, 0.1) is 13.1 Å². The summed E-state index contributed by atoms with van der Waals surface area (Å²) in [5, 5.41) is 7.52. The van der Waals surface area contributed by atoms with E-state index >= 15 is 0 Å². The molecule has 2 fully saturated rings. The van der Waals surface area contributed by atoms with Gasteiger partial charge in [0, 0.05) is 49.8 Å². The first-order chi connectivity index (χ1) is 12.7. The third kappa shape index (κ3) is 5.67. The zero-order valence-electron chi connectivity index (χ0n) is 15.8. The molecule has 8 heteroatoms. The number of nitrogens with one attached hydrogen (secondary N) is 2. The highest BCUT2D eigenvalue weighted by Crippen LogP contribution is 2.18. The summed E-state index contributed by atoms with van der Waals surface area (Å²) in [6, 6.07) is 0.440. The number of carbonyl (C=O) groups excluding carboxylic acids is 1. The summed E-state index contributed by atoms with van der Waals surface area (Å²) in [6.07, 6.45) is 5.26. The second-order valence-electron chi connectivity index (χ2n) is 6.85. The Morgan fingerprint density at radius 3 is 2.69 bits per heavy atom. The van der Waals surface area contributed by atoms with Gasteiger partial charge in [-0.1, -0.05) is 6.92 Å². The summed E-state index contributed by atoms with van der Waals surface area (Å²) >= 11 is 1.74. The lowest BCUT2D eigenvalue weighted by Gasteiger charge is -2.36. The summed E-state index contributed by atoms with van der Waals surface area (Å²) in [5.41, 5.74) is 0. The molecule has 144 valence electrons. The number of amides is 1. The molecule has 1 amide bonds. The maximum atomic E-state index is 12.0. The van der Waals surface area contributed by atoms with Gasteiger partial charge in [-0.2, -0.15) is 0 Å². The third-order valence-corrected chi connectivity index (χ3v) is 5.76. The zero-order valence-corrected chi connectivity index (χ0v) is 16.6. The predicted octanol–water partition coefficient (Wildman–Crippen LogP) is 1.07. The quantitative estimate of drug-likeness (QED) is 0.548. The number of aryl methyl sites for hydroxylation is 1. The lowest BCUT2D eigenvalue weighted by Crippen LogP contribution is -2.54. The molecule has 3 rings (SSSR count). The molecule has 2 N–H and O–H groups in total. The molecule has 26 heavy (non-hydrogen) atoms. The summed E-state index contributed by atoms with van der Waals surface area (Å²) in [6.45, 7) is 9.77. The van der Waals surface area contributed by atoms with E-state index in [9.17, 15) is 4.79 Å². The van der Waals surface area contributed by atoms with Crippen molar-refractivity contribution in [3.63, 3.8) is 0 Å². The number of thiazole rings is 1. The van der Waals surface area contributed by atoms with Crippen LogP contribution in [0, 0.1) is 0 Å². The molecule has 1 saturated carbocycles. The number of guanidine groups is 1. The molecule has 1 saturated heterocycles. The fourth-order valence-electron chi connectivity index (χ4n) is 2.97. The van der Waals surface area contributed by atoms with Crippen molar-refractivity contribution in [3.8, 4) is 0 Å². The van der Waals surface area contributed by atoms with Gasteiger partial charge < -0.3 is 15.5 Å². The summed E-state index contributed by atoms with van der Waals surface area (Å²) in [5.74, 6) is 1.11. The van der Waals surface area contributed by atoms with Gasteiger partial charge in [0.25, 0.3) is 0 Å². The van der Waals surface area contributed by atoms with Gasteiger partial charge in [-0.25, -0.2) is 9.98 Å². The molecule has 0 radical (unpaired) electrons. The summed E-state index contributed by atoms with van der Waals surface area (Å²) < 4.78 is 0. The number of rotatable bonds is 7. The fourth-order valence-corrected chi connectivity index (χ4v) is 3.76. The molecule has 2 heterocycles. The Hall–Kier alpha value is -1.67. The first kappa shape index (κ1) is 19.1. The first-order valence-electron chi connectivity index (χ1n) is 9.66. The molecule has 1 aromatic heterocycles. The van der Waals surface area contributed by atoms with Crippen LogP contribution in [0.15, 0.2) is 11.2 Å². The van der Waals surface area contributed by atoms with E-state index in [2.05, 4.69) is 39.3 Å². The van der Waals surface area contributed by atoms with Crippen LogP contribution in [0.2, 0.25) is 0 Å². The van der Waals surface area contributed by atoms with Crippen molar-refractivity contribution in [2.45, 2.75) is 45.7 Å². The number of nitrogens with zero attached hydrogens (tertiary/aromatic N) is 4. The monoisotopic (exact) mass is 378 g/mol. The fraction of sp³-hybridized carbons (Fsp3) is 0.722. The number of carbonyl (C=O) groups is 1. The van der Waals surface area contributed by atoms with Crippen molar-refractivity contribution in [2.24, 2.45) is 4.99 Å². The summed E-state index contributed by atoms with van der Waals surface area (Å²) in [4.78, 5) is 27.0. The van der Waals surface area contributed by atoms with E-state index in [1.165, 1.54) is 4.88 Å². The molecule has 0 atom stereocenters. The molecular weight excluding hydrogens is 348 g/mol. The van der Waals surface area contributed by atoms with Crippen LogP contribution in [0.5, 0.6) is 0 Å². The maximum absolute atomic E-state index is 12.0. The molecule has 0 spiro atoms. The normalized spacial score (nSPS) is 18.8. The third-order valence-electron chi connectivity index (χ3n) is 4.63. The van der Waals surface area contributed by atoms with Crippen LogP contribution in [-0.2, 0) is 17.8 Å². The van der Waals surface area contributed by atoms with Crippen molar-refractivity contribution in [2.75, 3.05) is 39.3 Å². The van der Waals surface area contributed by atoms with E-state index in [1.807, 2.05) is 6.20 Å².